The first-order valence-electron chi connectivity index (χ1n) is 5.24. The molecule has 7 nitrogen and oxygen atoms in total. The summed E-state index contributed by atoms with van der Waals surface area (Å²) in [5.74, 6) is -2.48. The van der Waals surface area contributed by atoms with Gasteiger partial charge in [0.05, 0.1) is 21.3 Å². The second-order valence-corrected chi connectivity index (χ2v) is 3.90. The predicted molar refractivity (Wildman–Crippen MR) is 67.1 cm³/mol. The van der Waals surface area contributed by atoms with Gasteiger partial charge in [0.2, 0.25) is 5.91 Å². The van der Waals surface area contributed by atoms with Crippen LogP contribution in [-0.2, 0) is 5.50 Å². The molecule has 2 radical (unpaired) electrons. The van der Waals surface area contributed by atoms with Crippen LogP contribution in [0.4, 0.5) is 0 Å². The minimum atomic E-state index is -3.07. The summed E-state index contributed by atoms with van der Waals surface area (Å²) in [6, 6.07) is 2.61. The molecule has 0 aliphatic heterocycles. The number of methoxy groups -OCH3 is 3. The fourth-order valence-electron chi connectivity index (χ4n) is 1.53. The lowest BCUT2D eigenvalue weighted by molar-refractivity contribution is -0.244. The molecular weight excluding hydrogens is 253 g/mol. The molecule has 1 unspecified atom stereocenters. The van der Waals surface area contributed by atoms with E-state index in [0.29, 0.717) is 5.75 Å². The lowest BCUT2D eigenvalue weighted by atomic mass is 9.72. The van der Waals surface area contributed by atoms with Crippen LogP contribution < -0.4 is 19.9 Å². The van der Waals surface area contributed by atoms with E-state index < -0.39 is 11.4 Å². The fraction of sp³-hybridized carbons (Fsp3) is 0.455. The molecule has 1 aromatic carbocycles. The van der Waals surface area contributed by atoms with Crippen molar-refractivity contribution in [3.05, 3.63) is 17.7 Å². The lowest BCUT2D eigenvalue weighted by Crippen LogP contribution is -2.59. The number of benzene rings is 1. The van der Waals surface area contributed by atoms with Crippen LogP contribution in [0.15, 0.2) is 12.1 Å². The van der Waals surface area contributed by atoms with Crippen molar-refractivity contribution in [3.8, 4) is 17.2 Å². The normalized spacial score (nSPS) is 14.7. The summed E-state index contributed by atoms with van der Waals surface area (Å²) in [5.41, 5.74) is 2.20. The van der Waals surface area contributed by atoms with Crippen molar-refractivity contribution < 1.29 is 29.5 Å². The highest BCUT2D eigenvalue weighted by atomic mass is 16.5. The second-order valence-electron chi connectivity index (χ2n) is 3.90. The molecule has 1 atom stereocenters. The number of nitrogens with two attached hydrogens (primary N) is 1. The Labute approximate surface area is 111 Å². The third kappa shape index (κ3) is 2.76. The van der Waals surface area contributed by atoms with Gasteiger partial charge >= 0.3 is 0 Å². The van der Waals surface area contributed by atoms with Gasteiger partial charge in [-0.2, -0.15) is 0 Å². The van der Waals surface area contributed by atoms with Crippen molar-refractivity contribution in [2.24, 2.45) is 5.73 Å². The number of aliphatic hydroxyl groups is 3. The molecule has 0 amide bonds. The van der Waals surface area contributed by atoms with Crippen LogP contribution in [0.1, 0.15) is 5.56 Å². The summed E-state index contributed by atoms with van der Waals surface area (Å²) in [6.45, 7) is 0. The molecular formula is C11H16BNO6. The molecule has 0 saturated carbocycles. The van der Waals surface area contributed by atoms with Gasteiger partial charge in [0.1, 0.15) is 19.1 Å². The maximum absolute atomic E-state index is 9.99. The second kappa shape index (κ2) is 5.26. The van der Waals surface area contributed by atoms with Gasteiger partial charge in [0.15, 0.2) is 11.5 Å². The van der Waals surface area contributed by atoms with Crippen LogP contribution >= 0.6 is 0 Å². The molecule has 0 aliphatic carbocycles. The zero-order chi connectivity index (χ0) is 14.8. The van der Waals surface area contributed by atoms with E-state index >= 15 is 0 Å². The fourth-order valence-corrected chi connectivity index (χ4v) is 1.53. The maximum Gasteiger partial charge on any atom is 0.245 e. The standard InChI is InChI=1S/C11H16BNO6/c1-17-7-5-9(19-3)8(18-2)4-6(7)10(12,14)11(13,15)16/h4-5,14-16H,13H2,1-3H3. The molecule has 0 heterocycles. The average Bonchev–Trinajstić information content (AvgIpc) is 2.35. The molecule has 0 saturated heterocycles. The van der Waals surface area contributed by atoms with Crippen molar-refractivity contribution in [1.29, 1.82) is 0 Å². The minimum Gasteiger partial charge on any atom is -0.496 e. The molecule has 1 rings (SSSR count). The smallest absolute Gasteiger partial charge is 0.245 e. The average molecular weight is 269 g/mol. The van der Waals surface area contributed by atoms with Gasteiger partial charge in [0, 0.05) is 11.6 Å². The largest absolute Gasteiger partial charge is 0.496 e. The Hall–Kier alpha value is -1.48. The van der Waals surface area contributed by atoms with E-state index in [4.69, 9.17) is 27.8 Å². The topological polar surface area (TPSA) is 114 Å². The Morgan fingerprint density at radius 1 is 0.947 bits per heavy atom. The van der Waals surface area contributed by atoms with Crippen molar-refractivity contribution in [3.63, 3.8) is 0 Å². The highest BCUT2D eigenvalue weighted by Crippen LogP contribution is 2.40. The summed E-state index contributed by atoms with van der Waals surface area (Å²) in [6.07, 6.45) is 0. The van der Waals surface area contributed by atoms with Crippen molar-refractivity contribution in [2.45, 2.75) is 11.4 Å². The van der Waals surface area contributed by atoms with Crippen molar-refractivity contribution >= 4 is 7.85 Å². The Morgan fingerprint density at radius 3 is 1.74 bits per heavy atom. The van der Waals surface area contributed by atoms with Gasteiger partial charge in [-0.3, -0.25) is 5.73 Å². The van der Waals surface area contributed by atoms with Crippen LogP contribution in [0.2, 0.25) is 0 Å². The lowest BCUT2D eigenvalue weighted by Gasteiger charge is -2.35. The number of ether oxygens (including phenoxy) is 3. The molecule has 19 heavy (non-hydrogen) atoms. The van der Waals surface area contributed by atoms with Gasteiger partial charge in [0.25, 0.3) is 0 Å². The van der Waals surface area contributed by atoms with Gasteiger partial charge < -0.3 is 29.5 Å². The Morgan fingerprint density at radius 2 is 1.37 bits per heavy atom. The molecule has 0 bridgehead atoms. The summed E-state index contributed by atoms with van der Waals surface area (Å²) < 4.78 is 15.1. The highest BCUT2D eigenvalue weighted by molar-refractivity contribution is 6.15. The summed E-state index contributed by atoms with van der Waals surface area (Å²) >= 11 is 0. The van der Waals surface area contributed by atoms with Crippen LogP contribution in [0.3, 0.4) is 0 Å². The predicted octanol–water partition coefficient (Wildman–Crippen LogP) is -1.38. The number of rotatable bonds is 5. The van der Waals surface area contributed by atoms with Gasteiger partial charge in [-0.25, -0.2) is 0 Å². The van der Waals surface area contributed by atoms with E-state index in [1.54, 1.807) is 0 Å². The van der Waals surface area contributed by atoms with Crippen LogP contribution in [0.25, 0.3) is 0 Å². The van der Waals surface area contributed by atoms with E-state index in [2.05, 4.69) is 0 Å². The third-order valence-electron chi connectivity index (χ3n) is 2.68. The van der Waals surface area contributed by atoms with E-state index in [1.165, 1.54) is 33.5 Å². The first kappa shape index (κ1) is 15.6. The van der Waals surface area contributed by atoms with E-state index in [1.807, 2.05) is 0 Å². The Bertz CT molecular complexity index is 457. The molecule has 8 heteroatoms. The first-order valence-corrected chi connectivity index (χ1v) is 5.24. The monoisotopic (exact) mass is 269 g/mol. The third-order valence-corrected chi connectivity index (χ3v) is 2.68. The molecule has 0 fully saturated rings. The Balaban J connectivity index is 3.50. The minimum absolute atomic E-state index is 0.0561. The number of hydrogen-bond donors (Lipinski definition) is 4. The summed E-state index contributed by atoms with van der Waals surface area (Å²) in [7, 11) is 9.56. The van der Waals surface area contributed by atoms with Crippen molar-refractivity contribution in [1.82, 2.24) is 0 Å². The van der Waals surface area contributed by atoms with Crippen LogP contribution in [0.5, 0.6) is 17.2 Å². The molecule has 5 N–H and O–H groups in total. The van der Waals surface area contributed by atoms with Gasteiger partial charge in [-0.1, -0.05) is 0 Å². The van der Waals surface area contributed by atoms with E-state index in [9.17, 15) is 15.3 Å². The van der Waals surface area contributed by atoms with Gasteiger partial charge in [-0.05, 0) is 6.07 Å². The van der Waals surface area contributed by atoms with Crippen LogP contribution in [0, 0.1) is 0 Å². The maximum atomic E-state index is 9.99. The highest BCUT2D eigenvalue weighted by Gasteiger charge is 2.44. The van der Waals surface area contributed by atoms with E-state index in [-0.39, 0.29) is 17.1 Å². The summed E-state index contributed by atoms with van der Waals surface area (Å²) in [5, 5.41) is 28.7. The molecule has 0 spiro atoms. The van der Waals surface area contributed by atoms with Crippen molar-refractivity contribution in [2.75, 3.05) is 21.3 Å². The molecule has 104 valence electrons. The zero-order valence-corrected chi connectivity index (χ0v) is 10.9. The Kier molecular flexibility index (Phi) is 4.31. The SMILES string of the molecule is [B]C(O)(c1cc(OC)c(OC)cc1OC)C(N)(O)O. The van der Waals surface area contributed by atoms with Gasteiger partial charge in [-0.15, -0.1) is 0 Å². The molecule has 0 aromatic heterocycles. The van der Waals surface area contributed by atoms with Crippen LogP contribution in [-0.4, -0.2) is 50.4 Å². The zero-order valence-electron chi connectivity index (χ0n) is 10.9. The number of hydrogen-bond acceptors (Lipinski definition) is 7. The van der Waals surface area contributed by atoms with E-state index in [0.717, 1.165) is 0 Å². The molecule has 0 aliphatic rings. The quantitative estimate of drug-likeness (QED) is 0.385. The first-order chi connectivity index (χ1) is 8.68. The summed E-state index contributed by atoms with van der Waals surface area (Å²) in [4.78, 5) is 0. The molecule has 1 aromatic rings.